The monoisotopic (exact) mass is 343 g/mol. The lowest BCUT2D eigenvalue weighted by Crippen LogP contribution is -2.43. The molecule has 1 aromatic carbocycles. The van der Waals surface area contributed by atoms with Gasteiger partial charge in [-0.25, -0.2) is 13.9 Å². The van der Waals surface area contributed by atoms with Crippen LogP contribution in [0, 0.1) is 5.82 Å². The lowest BCUT2D eigenvalue weighted by Gasteiger charge is -2.15. The van der Waals surface area contributed by atoms with Crippen molar-refractivity contribution in [1.29, 1.82) is 0 Å². The van der Waals surface area contributed by atoms with E-state index in [4.69, 9.17) is 0 Å². The molecule has 0 aliphatic heterocycles. The number of halogens is 1. The van der Waals surface area contributed by atoms with Gasteiger partial charge in [-0.3, -0.25) is 4.79 Å². The number of fused-ring (bicyclic) bond motifs is 1. The number of hydrogen-bond acceptors (Lipinski definition) is 3. The summed E-state index contributed by atoms with van der Waals surface area (Å²) in [7, 11) is 0. The lowest BCUT2D eigenvalue weighted by molar-refractivity contribution is -0.140. The van der Waals surface area contributed by atoms with Gasteiger partial charge in [-0.05, 0) is 56.7 Å². The highest BCUT2D eigenvalue weighted by molar-refractivity contribution is 5.98. The summed E-state index contributed by atoms with van der Waals surface area (Å²) in [5.74, 6) is -1.85. The van der Waals surface area contributed by atoms with Gasteiger partial charge in [-0.15, -0.1) is 0 Å². The molecule has 0 saturated heterocycles. The molecule has 1 aromatic heterocycles. The predicted octanol–water partition coefficient (Wildman–Crippen LogP) is 2.24. The van der Waals surface area contributed by atoms with Crippen LogP contribution in [0.4, 0.5) is 4.39 Å². The molecule has 1 fully saturated rings. The van der Waals surface area contributed by atoms with Gasteiger partial charge in [0.2, 0.25) is 0 Å². The minimum atomic E-state index is -1.15. The van der Waals surface area contributed by atoms with Crippen LogP contribution in [0.3, 0.4) is 0 Å². The Labute approximate surface area is 143 Å². The molecule has 2 aliphatic rings. The highest BCUT2D eigenvalue weighted by Crippen LogP contribution is 2.36. The second-order valence-corrected chi connectivity index (χ2v) is 6.71. The van der Waals surface area contributed by atoms with Crippen LogP contribution in [0.25, 0.3) is 5.69 Å². The molecule has 25 heavy (non-hydrogen) atoms. The third-order valence-electron chi connectivity index (χ3n) is 4.96. The maximum Gasteiger partial charge on any atom is 0.329 e. The van der Waals surface area contributed by atoms with Gasteiger partial charge in [-0.1, -0.05) is 6.07 Å². The maximum absolute atomic E-state index is 13.6. The molecule has 2 aromatic rings. The minimum Gasteiger partial charge on any atom is -0.480 e. The molecule has 0 radical (unpaired) electrons. The molecule has 0 bridgehead atoms. The van der Waals surface area contributed by atoms with Gasteiger partial charge >= 0.3 is 5.97 Å². The number of carboxylic acids is 1. The van der Waals surface area contributed by atoms with Crippen molar-refractivity contribution in [2.24, 2.45) is 0 Å². The number of aromatic nitrogens is 2. The molecule has 0 atom stereocenters. The Balaban J connectivity index is 1.73. The highest BCUT2D eigenvalue weighted by Gasteiger charge is 2.52. The largest absolute Gasteiger partial charge is 0.480 e. The standard InChI is InChI=1S/C18H18FN3O3/c19-11-4-3-5-12(10-11)22-14-7-2-1-6-13(14)15(21-22)16(23)20-18(8-9-18)17(24)25/h3-5,10H,1-2,6-9H2,(H,20,23)(H,24,25). The molecule has 130 valence electrons. The van der Waals surface area contributed by atoms with Crippen molar-refractivity contribution in [2.75, 3.05) is 0 Å². The summed E-state index contributed by atoms with van der Waals surface area (Å²) < 4.78 is 15.2. The third-order valence-corrected chi connectivity index (χ3v) is 4.96. The first-order chi connectivity index (χ1) is 12.0. The van der Waals surface area contributed by atoms with Crippen molar-refractivity contribution in [3.63, 3.8) is 0 Å². The first-order valence-electron chi connectivity index (χ1n) is 8.43. The van der Waals surface area contributed by atoms with Gasteiger partial charge in [0.15, 0.2) is 5.69 Å². The Morgan fingerprint density at radius 3 is 2.68 bits per heavy atom. The van der Waals surface area contributed by atoms with Gasteiger partial charge < -0.3 is 10.4 Å². The van der Waals surface area contributed by atoms with E-state index in [2.05, 4.69) is 10.4 Å². The molecule has 2 N–H and O–H groups in total. The molecule has 1 heterocycles. The number of carbonyl (C=O) groups excluding carboxylic acids is 1. The summed E-state index contributed by atoms with van der Waals surface area (Å²) in [4.78, 5) is 24.0. The van der Waals surface area contributed by atoms with E-state index in [0.29, 0.717) is 24.9 Å². The van der Waals surface area contributed by atoms with Crippen LogP contribution in [0.2, 0.25) is 0 Å². The van der Waals surface area contributed by atoms with E-state index in [1.54, 1.807) is 16.8 Å². The zero-order chi connectivity index (χ0) is 17.6. The van der Waals surface area contributed by atoms with Crippen molar-refractivity contribution in [3.05, 3.63) is 47.0 Å². The van der Waals surface area contributed by atoms with E-state index < -0.39 is 17.4 Å². The Hall–Kier alpha value is -2.70. The summed E-state index contributed by atoms with van der Waals surface area (Å²) in [5.41, 5.74) is 1.42. The van der Waals surface area contributed by atoms with Gasteiger partial charge in [0.05, 0.1) is 5.69 Å². The first kappa shape index (κ1) is 15.8. The zero-order valence-electron chi connectivity index (χ0n) is 13.6. The van der Waals surface area contributed by atoms with Crippen LogP contribution in [0.1, 0.15) is 47.4 Å². The number of aliphatic carboxylic acids is 1. The topological polar surface area (TPSA) is 84.2 Å². The number of hydrogen-bond donors (Lipinski definition) is 2. The van der Waals surface area contributed by atoms with Crippen LogP contribution < -0.4 is 5.32 Å². The third kappa shape index (κ3) is 2.69. The number of rotatable bonds is 4. The van der Waals surface area contributed by atoms with Gasteiger partial charge in [0.1, 0.15) is 11.4 Å². The smallest absolute Gasteiger partial charge is 0.329 e. The number of nitrogens with zero attached hydrogens (tertiary/aromatic N) is 2. The minimum absolute atomic E-state index is 0.256. The number of carbonyl (C=O) groups is 2. The van der Waals surface area contributed by atoms with Crippen LogP contribution in [-0.4, -0.2) is 32.3 Å². The molecule has 0 unspecified atom stereocenters. The van der Waals surface area contributed by atoms with Crippen LogP contribution >= 0.6 is 0 Å². The zero-order valence-corrected chi connectivity index (χ0v) is 13.6. The van der Waals surface area contributed by atoms with Gasteiger partial charge in [0.25, 0.3) is 5.91 Å². The Kier molecular flexibility index (Phi) is 3.59. The molecule has 4 rings (SSSR count). The quantitative estimate of drug-likeness (QED) is 0.892. The molecule has 6 nitrogen and oxygen atoms in total. The van der Waals surface area contributed by atoms with Crippen LogP contribution in [0.5, 0.6) is 0 Å². The van der Waals surface area contributed by atoms with Gasteiger partial charge in [0, 0.05) is 11.3 Å². The average molecular weight is 343 g/mol. The van der Waals surface area contributed by atoms with Crippen LogP contribution in [0.15, 0.2) is 24.3 Å². The van der Waals surface area contributed by atoms with E-state index in [1.165, 1.54) is 12.1 Å². The van der Waals surface area contributed by atoms with Crippen molar-refractivity contribution in [1.82, 2.24) is 15.1 Å². The highest BCUT2D eigenvalue weighted by atomic mass is 19.1. The van der Waals surface area contributed by atoms with E-state index in [1.807, 2.05) is 0 Å². The molecular weight excluding hydrogens is 325 g/mol. The molecule has 7 heteroatoms. The van der Waals surface area contributed by atoms with Crippen LogP contribution in [-0.2, 0) is 17.6 Å². The van der Waals surface area contributed by atoms with Crippen molar-refractivity contribution < 1.29 is 19.1 Å². The number of benzene rings is 1. The second kappa shape index (κ2) is 5.68. The second-order valence-electron chi connectivity index (χ2n) is 6.71. The average Bonchev–Trinajstić information content (AvgIpc) is 3.27. The molecular formula is C18H18FN3O3. The molecule has 0 spiro atoms. The number of carboxylic acid groups (broad SMARTS) is 1. The Morgan fingerprint density at radius 2 is 2.00 bits per heavy atom. The summed E-state index contributed by atoms with van der Waals surface area (Å²) in [6, 6.07) is 6.08. The van der Waals surface area contributed by atoms with Crippen molar-refractivity contribution in [2.45, 2.75) is 44.1 Å². The lowest BCUT2D eigenvalue weighted by atomic mass is 9.95. The SMILES string of the molecule is O=C(NC1(C(=O)O)CC1)c1nn(-c2cccc(F)c2)c2c1CCCC2. The van der Waals surface area contributed by atoms with E-state index >= 15 is 0 Å². The Bertz CT molecular complexity index is 870. The summed E-state index contributed by atoms with van der Waals surface area (Å²) in [6.07, 6.45) is 4.27. The van der Waals surface area contributed by atoms with E-state index in [0.717, 1.165) is 30.5 Å². The predicted molar refractivity (Wildman–Crippen MR) is 87.2 cm³/mol. The molecule has 1 amide bonds. The fraction of sp³-hybridized carbons (Fsp3) is 0.389. The molecule has 2 aliphatic carbocycles. The normalized spacial score (nSPS) is 17.6. The van der Waals surface area contributed by atoms with Gasteiger partial charge in [-0.2, -0.15) is 5.10 Å². The van der Waals surface area contributed by atoms with E-state index in [-0.39, 0.29) is 11.5 Å². The van der Waals surface area contributed by atoms with Crippen molar-refractivity contribution >= 4 is 11.9 Å². The van der Waals surface area contributed by atoms with Crippen molar-refractivity contribution in [3.8, 4) is 5.69 Å². The van der Waals surface area contributed by atoms with E-state index in [9.17, 15) is 19.1 Å². The first-order valence-corrected chi connectivity index (χ1v) is 8.43. The summed E-state index contributed by atoms with van der Waals surface area (Å²) in [5, 5.41) is 16.3. The molecule has 1 saturated carbocycles. The fourth-order valence-electron chi connectivity index (χ4n) is 3.40. The maximum atomic E-state index is 13.6. The summed E-state index contributed by atoms with van der Waals surface area (Å²) in [6.45, 7) is 0. The Morgan fingerprint density at radius 1 is 1.24 bits per heavy atom. The number of nitrogens with one attached hydrogen (secondary N) is 1. The fourth-order valence-corrected chi connectivity index (χ4v) is 3.40. The summed E-state index contributed by atoms with van der Waals surface area (Å²) >= 11 is 0. The number of amides is 1.